The van der Waals surface area contributed by atoms with E-state index in [0.717, 1.165) is 63.2 Å². The van der Waals surface area contributed by atoms with Crippen LogP contribution in [0.4, 0.5) is 26.3 Å². The zero-order valence-electron chi connectivity index (χ0n) is 23.9. The van der Waals surface area contributed by atoms with Gasteiger partial charge in [0.1, 0.15) is 0 Å². The first-order valence-electron chi connectivity index (χ1n) is 13.5. The molecule has 41 heavy (non-hydrogen) atoms. The third-order valence-corrected chi connectivity index (χ3v) is 7.88. The summed E-state index contributed by atoms with van der Waals surface area (Å²) >= 11 is 0. The lowest BCUT2D eigenvalue weighted by atomic mass is 9.75. The largest absolute Gasteiger partial charge is 0.416 e. The van der Waals surface area contributed by atoms with Crippen LogP contribution in [0.15, 0.2) is 72.8 Å². The molecule has 0 atom stereocenters. The molecule has 0 saturated heterocycles. The van der Waals surface area contributed by atoms with E-state index in [1.165, 1.54) is 29.8 Å². The van der Waals surface area contributed by atoms with E-state index in [-0.39, 0.29) is 5.41 Å². The molecule has 0 fully saturated rings. The number of rotatable bonds is 2. The Labute approximate surface area is 237 Å². The van der Waals surface area contributed by atoms with Gasteiger partial charge in [-0.25, -0.2) is 0 Å². The summed E-state index contributed by atoms with van der Waals surface area (Å²) in [5.41, 5.74) is 6.96. The van der Waals surface area contributed by atoms with Gasteiger partial charge in [0.2, 0.25) is 0 Å². The van der Waals surface area contributed by atoms with E-state index in [4.69, 9.17) is 0 Å². The van der Waals surface area contributed by atoms with Gasteiger partial charge in [0.15, 0.2) is 0 Å². The highest BCUT2D eigenvalue weighted by Gasteiger charge is 2.34. The Hall–Kier alpha value is -3.54. The van der Waals surface area contributed by atoms with E-state index < -0.39 is 28.9 Å². The van der Waals surface area contributed by atoms with Gasteiger partial charge >= 0.3 is 12.4 Å². The minimum Gasteiger partial charge on any atom is -0.166 e. The monoisotopic (exact) mass is 566 g/mol. The molecular weight excluding hydrogens is 534 g/mol. The second-order valence-corrected chi connectivity index (χ2v) is 12.9. The molecule has 6 heteroatoms. The number of halogens is 6. The molecule has 0 aliphatic heterocycles. The third kappa shape index (κ3) is 5.41. The van der Waals surface area contributed by atoms with E-state index in [1.807, 2.05) is 20.8 Å². The molecule has 1 aliphatic carbocycles. The maximum Gasteiger partial charge on any atom is 0.416 e. The predicted octanol–water partition coefficient (Wildman–Crippen LogP) is 11.2. The third-order valence-electron chi connectivity index (χ3n) is 7.88. The molecule has 0 saturated carbocycles. The Morgan fingerprint density at radius 2 is 0.951 bits per heavy atom. The SMILES string of the molecule is CC(C)(C)c1ccc2c(c1)-c1cc(C(C)(C)C)c(-c3ccc(C(F)(F)F)cc3)c(-c3ccc(C(F)(F)F)cc3)c1C2. The second-order valence-electron chi connectivity index (χ2n) is 12.9. The number of alkyl halides is 6. The Kier molecular flexibility index (Phi) is 6.71. The van der Waals surface area contributed by atoms with Gasteiger partial charge in [0.25, 0.3) is 0 Å². The maximum atomic E-state index is 13.5. The van der Waals surface area contributed by atoms with Crippen LogP contribution in [0.2, 0.25) is 0 Å². The molecule has 0 radical (unpaired) electrons. The lowest BCUT2D eigenvalue weighted by Gasteiger charge is -2.28. The molecule has 1 aliphatic rings. The number of hydrogen-bond acceptors (Lipinski definition) is 0. The van der Waals surface area contributed by atoms with E-state index >= 15 is 0 Å². The molecule has 4 aromatic rings. The number of hydrogen-bond donors (Lipinski definition) is 0. The van der Waals surface area contributed by atoms with Gasteiger partial charge in [0, 0.05) is 0 Å². The zero-order valence-corrected chi connectivity index (χ0v) is 23.9. The average Bonchev–Trinajstić information content (AvgIpc) is 3.23. The van der Waals surface area contributed by atoms with Gasteiger partial charge in [-0.2, -0.15) is 26.3 Å². The van der Waals surface area contributed by atoms with E-state index in [9.17, 15) is 26.3 Å². The molecular formula is C35H32F6. The molecule has 0 bridgehead atoms. The summed E-state index contributed by atoms with van der Waals surface area (Å²) < 4.78 is 80.7. The van der Waals surface area contributed by atoms with Crippen molar-refractivity contribution in [2.75, 3.05) is 0 Å². The van der Waals surface area contributed by atoms with Crippen molar-refractivity contribution in [1.29, 1.82) is 0 Å². The molecule has 214 valence electrons. The summed E-state index contributed by atoms with van der Waals surface area (Å²) in [6.07, 6.45) is -8.39. The molecule has 0 unspecified atom stereocenters. The van der Waals surface area contributed by atoms with Crippen molar-refractivity contribution < 1.29 is 26.3 Å². The smallest absolute Gasteiger partial charge is 0.166 e. The molecule has 0 nitrogen and oxygen atoms in total. The first-order chi connectivity index (χ1) is 18.9. The van der Waals surface area contributed by atoms with Gasteiger partial charge in [-0.05, 0) is 103 Å². The summed E-state index contributed by atoms with van der Waals surface area (Å²) in [6, 6.07) is 18.7. The highest BCUT2D eigenvalue weighted by Crippen LogP contribution is 2.51. The Bertz CT molecular complexity index is 1610. The van der Waals surface area contributed by atoms with Gasteiger partial charge in [0.05, 0.1) is 11.1 Å². The van der Waals surface area contributed by atoms with Crippen LogP contribution in [-0.2, 0) is 29.6 Å². The molecule has 5 rings (SSSR count). The molecule has 4 aromatic carbocycles. The Morgan fingerprint density at radius 1 is 0.488 bits per heavy atom. The highest BCUT2D eigenvalue weighted by molar-refractivity contribution is 5.96. The molecule has 0 heterocycles. The van der Waals surface area contributed by atoms with Crippen molar-refractivity contribution in [1.82, 2.24) is 0 Å². The summed E-state index contributed by atoms with van der Waals surface area (Å²) in [5, 5.41) is 0. The fourth-order valence-corrected chi connectivity index (χ4v) is 5.65. The fourth-order valence-electron chi connectivity index (χ4n) is 5.65. The van der Waals surface area contributed by atoms with Crippen molar-refractivity contribution in [2.24, 2.45) is 0 Å². The van der Waals surface area contributed by atoms with E-state index in [1.54, 1.807) is 0 Å². The predicted molar refractivity (Wildman–Crippen MR) is 153 cm³/mol. The lowest BCUT2D eigenvalue weighted by Crippen LogP contribution is -2.15. The van der Waals surface area contributed by atoms with Crippen LogP contribution in [0.5, 0.6) is 0 Å². The summed E-state index contributed by atoms with van der Waals surface area (Å²) in [7, 11) is 0. The van der Waals surface area contributed by atoms with Crippen LogP contribution in [0.3, 0.4) is 0 Å². The van der Waals surface area contributed by atoms with Gasteiger partial charge in [-0.1, -0.05) is 84.0 Å². The van der Waals surface area contributed by atoms with Crippen LogP contribution in [-0.4, -0.2) is 0 Å². The molecule has 0 N–H and O–H groups in total. The quantitative estimate of drug-likeness (QED) is 0.187. The maximum absolute atomic E-state index is 13.5. The summed E-state index contributed by atoms with van der Waals surface area (Å²) in [4.78, 5) is 0. The molecule has 0 amide bonds. The van der Waals surface area contributed by atoms with Gasteiger partial charge in [-0.3, -0.25) is 0 Å². The number of fused-ring (bicyclic) bond motifs is 3. The van der Waals surface area contributed by atoms with E-state index in [2.05, 4.69) is 45.0 Å². The first-order valence-corrected chi connectivity index (χ1v) is 13.5. The first kappa shape index (κ1) is 29.0. The van der Waals surface area contributed by atoms with Crippen LogP contribution in [0.1, 0.15) is 74.9 Å². The minimum absolute atomic E-state index is 0.0823. The van der Waals surface area contributed by atoms with Crippen molar-refractivity contribution in [2.45, 2.75) is 71.1 Å². The van der Waals surface area contributed by atoms with Gasteiger partial charge in [-0.15, -0.1) is 0 Å². The lowest BCUT2D eigenvalue weighted by molar-refractivity contribution is -0.138. The topological polar surface area (TPSA) is 0 Å². The minimum atomic E-state index is -4.48. The summed E-state index contributed by atoms with van der Waals surface area (Å²) in [5.74, 6) is 0. The fraction of sp³-hybridized carbons (Fsp3) is 0.314. The Balaban J connectivity index is 1.85. The Morgan fingerprint density at radius 3 is 1.39 bits per heavy atom. The van der Waals surface area contributed by atoms with Crippen LogP contribution in [0, 0.1) is 0 Å². The average molecular weight is 567 g/mol. The van der Waals surface area contributed by atoms with Crippen molar-refractivity contribution in [3.63, 3.8) is 0 Å². The normalized spacial score (nSPS) is 13.8. The highest BCUT2D eigenvalue weighted by atomic mass is 19.4. The summed E-state index contributed by atoms with van der Waals surface area (Å²) in [6.45, 7) is 12.6. The van der Waals surface area contributed by atoms with Crippen molar-refractivity contribution in [3.8, 4) is 33.4 Å². The standard InChI is InChI=1S/C35H32F6/c1-32(2,3)25-16-11-22-17-28-27(26(22)18-25)19-29(33(4,5)6)31(21-9-14-24(15-10-21)35(39,40)41)30(28)20-7-12-23(13-8-20)34(36,37)38/h7-16,18-19H,17H2,1-6H3. The van der Waals surface area contributed by atoms with Gasteiger partial charge < -0.3 is 0 Å². The van der Waals surface area contributed by atoms with Crippen LogP contribution >= 0.6 is 0 Å². The van der Waals surface area contributed by atoms with E-state index in [0.29, 0.717) is 17.5 Å². The van der Waals surface area contributed by atoms with Crippen LogP contribution in [0.25, 0.3) is 33.4 Å². The second kappa shape index (κ2) is 9.50. The van der Waals surface area contributed by atoms with Crippen LogP contribution < -0.4 is 0 Å². The number of benzene rings is 4. The molecule has 0 spiro atoms. The van der Waals surface area contributed by atoms with Crippen molar-refractivity contribution in [3.05, 3.63) is 106 Å². The molecule has 0 aromatic heterocycles. The van der Waals surface area contributed by atoms with Crippen molar-refractivity contribution >= 4 is 0 Å². The zero-order chi connectivity index (χ0) is 30.1.